The summed E-state index contributed by atoms with van der Waals surface area (Å²) in [4.78, 5) is 35.7. The highest BCUT2D eigenvalue weighted by Gasteiger charge is 2.32. The van der Waals surface area contributed by atoms with E-state index in [0.717, 1.165) is 17.9 Å². The Morgan fingerprint density at radius 1 is 0.906 bits per heavy atom. The average molecular weight is 447 g/mol. The van der Waals surface area contributed by atoms with Gasteiger partial charge in [0.1, 0.15) is 17.0 Å². The van der Waals surface area contributed by atoms with Gasteiger partial charge in [0.15, 0.2) is 0 Å². The van der Waals surface area contributed by atoms with Crippen LogP contribution < -0.4 is 4.90 Å². The summed E-state index contributed by atoms with van der Waals surface area (Å²) in [5.41, 5.74) is 1.22. The Hall–Kier alpha value is -2.51. The van der Waals surface area contributed by atoms with Crippen molar-refractivity contribution in [1.29, 1.82) is 0 Å². The number of carbonyl (C=O) groups is 2. The van der Waals surface area contributed by atoms with Crippen molar-refractivity contribution in [3.8, 4) is 0 Å². The van der Waals surface area contributed by atoms with E-state index in [2.05, 4.69) is 17.0 Å². The molecule has 0 radical (unpaired) electrons. The molecule has 0 saturated carbocycles. The average Bonchev–Trinajstić information content (AvgIpc) is 2.87. The lowest BCUT2D eigenvalue weighted by atomic mass is 10.1. The normalized spacial score (nSPS) is 19.8. The quantitative estimate of drug-likeness (QED) is 0.652. The number of nitrogens with zero attached hydrogens (tertiary/aromatic N) is 4. The largest absolute Gasteiger partial charge is 0.444 e. The van der Waals surface area contributed by atoms with Crippen LogP contribution in [0.25, 0.3) is 0 Å². The Morgan fingerprint density at radius 2 is 1.53 bits per heavy atom. The lowest BCUT2D eigenvalue weighted by molar-refractivity contribution is 0.0157. The zero-order chi connectivity index (χ0) is 23.7. The maximum atomic E-state index is 12.5. The van der Waals surface area contributed by atoms with E-state index >= 15 is 0 Å². The number of hydrogen-bond acceptors (Lipinski definition) is 6. The fraction of sp³-hybridized carbons (Fsp3) is 0.708. The lowest BCUT2D eigenvalue weighted by Gasteiger charge is -2.40. The Kier molecular flexibility index (Phi) is 6.91. The highest BCUT2D eigenvalue weighted by molar-refractivity contribution is 5.69. The molecule has 1 atom stereocenters. The van der Waals surface area contributed by atoms with E-state index in [1.165, 1.54) is 5.56 Å². The molecule has 1 saturated heterocycles. The molecule has 0 bridgehead atoms. The number of amides is 2. The molecule has 2 amide bonds. The van der Waals surface area contributed by atoms with E-state index in [1.54, 1.807) is 9.80 Å². The zero-order valence-corrected chi connectivity index (χ0v) is 20.6. The summed E-state index contributed by atoms with van der Waals surface area (Å²) in [6.45, 7) is 16.6. The summed E-state index contributed by atoms with van der Waals surface area (Å²) in [7, 11) is 0. The van der Waals surface area contributed by atoms with Crippen LogP contribution in [0.5, 0.6) is 0 Å². The molecule has 0 aliphatic carbocycles. The van der Waals surface area contributed by atoms with Crippen LogP contribution in [0.15, 0.2) is 12.1 Å². The van der Waals surface area contributed by atoms with E-state index in [1.807, 2.05) is 48.5 Å². The third-order valence-electron chi connectivity index (χ3n) is 5.55. The lowest BCUT2D eigenvalue weighted by Crippen LogP contribution is -2.55. The molecule has 1 aromatic heterocycles. The second-order valence-corrected chi connectivity index (χ2v) is 10.7. The number of ether oxygens (including phenoxy) is 2. The second kappa shape index (κ2) is 9.16. The first-order valence-corrected chi connectivity index (χ1v) is 11.5. The van der Waals surface area contributed by atoms with Crippen molar-refractivity contribution >= 4 is 18.0 Å². The molecule has 3 rings (SSSR count). The zero-order valence-electron chi connectivity index (χ0n) is 20.6. The molecule has 2 aliphatic rings. The van der Waals surface area contributed by atoms with Gasteiger partial charge in [-0.3, -0.25) is 0 Å². The van der Waals surface area contributed by atoms with Crippen LogP contribution in [0.1, 0.15) is 59.7 Å². The van der Waals surface area contributed by atoms with Gasteiger partial charge in [0.25, 0.3) is 0 Å². The predicted molar refractivity (Wildman–Crippen MR) is 124 cm³/mol. The van der Waals surface area contributed by atoms with Gasteiger partial charge in [-0.2, -0.15) is 0 Å². The molecule has 32 heavy (non-hydrogen) atoms. The van der Waals surface area contributed by atoms with Crippen molar-refractivity contribution in [3.05, 3.63) is 23.4 Å². The van der Waals surface area contributed by atoms with Gasteiger partial charge in [-0.25, -0.2) is 14.6 Å². The van der Waals surface area contributed by atoms with Gasteiger partial charge in [-0.05, 0) is 66.5 Å². The van der Waals surface area contributed by atoms with Gasteiger partial charge in [-0.1, -0.05) is 6.07 Å². The van der Waals surface area contributed by atoms with Crippen LogP contribution >= 0.6 is 0 Å². The summed E-state index contributed by atoms with van der Waals surface area (Å²) in [6, 6.07) is 4.21. The molecule has 3 heterocycles. The summed E-state index contributed by atoms with van der Waals surface area (Å²) in [5, 5.41) is 0. The van der Waals surface area contributed by atoms with Crippen LogP contribution in [-0.4, -0.2) is 76.9 Å². The van der Waals surface area contributed by atoms with Gasteiger partial charge in [-0.15, -0.1) is 0 Å². The van der Waals surface area contributed by atoms with Crippen LogP contribution in [0.2, 0.25) is 0 Å². The minimum atomic E-state index is -0.500. The number of rotatable bonds is 1. The van der Waals surface area contributed by atoms with Crippen LogP contribution in [0.4, 0.5) is 15.4 Å². The number of piperazine rings is 1. The predicted octanol–water partition coefficient (Wildman–Crippen LogP) is 3.86. The molecule has 0 spiro atoms. The van der Waals surface area contributed by atoms with Crippen molar-refractivity contribution in [2.75, 3.05) is 37.6 Å². The first-order valence-electron chi connectivity index (χ1n) is 11.5. The molecule has 1 fully saturated rings. The van der Waals surface area contributed by atoms with Crippen molar-refractivity contribution < 1.29 is 19.1 Å². The Bertz CT molecular complexity index is 843. The standard InChI is InChI=1S/C24H38N4O4/c1-17-16-27(14-15-28(17)22(30)32-24(5,6)7)20-9-8-18-10-12-26(13-11-19(18)25-20)21(29)31-23(2,3)4/h8-9,17H,10-16H2,1-7H3. The monoisotopic (exact) mass is 446 g/mol. The molecular weight excluding hydrogens is 408 g/mol. The summed E-state index contributed by atoms with van der Waals surface area (Å²) in [6.07, 6.45) is 0.944. The van der Waals surface area contributed by atoms with E-state index in [9.17, 15) is 9.59 Å². The van der Waals surface area contributed by atoms with E-state index < -0.39 is 11.2 Å². The number of pyridine rings is 1. The molecule has 1 aromatic rings. The Balaban J connectivity index is 1.63. The molecule has 8 nitrogen and oxygen atoms in total. The minimum absolute atomic E-state index is 0.0295. The molecule has 0 aromatic carbocycles. The highest BCUT2D eigenvalue weighted by Crippen LogP contribution is 2.23. The van der Waals surface area contributed by atoms with Crippen LogP contribution in [0, 0.1) is 0 Å². The van der Waals surface area contributed by atoms with Gasteiger partial charge < -0.3 is 24.2 Å². The fourth-order valence-electron chi connectivity index (χ4n) is 4.01. The van der Waals surface area contributed by atoms with Crippen LogP contribution in [-0.2, 0) is 22.3 Å². The van der Waals surface area contributed by atoms with E-state index in [4.69, 9.17) is 14.5 Å². The maximum absolute atomic E-state index is 12.5. The third-order valence-corrected chi connectivity index (χ3v) is 5.55. The van der Waals surface area contributed by atoms with Gasteiger partial charge in [0.2, 0.25) is 0 Å². The summed E-state index contributed by atoms with van der Waals surface area (Å²) in [5.74, 6) is 0.921. The molecule has 8 heteroatoms. The van der Waals surface area contributed by atoms with Crippen molar-refractivity contribution in [1.82, 2.24) is 14.8 Å². The van der Waals surface area contributed by atoms with Crippen molar-refractivity contribution in [2.45, 2.75) is 78.6 Å². The summed E-state index contributed by atoms with van der Waals surface area (Å²) >= 11 is 0. The molecule has 2 aliphatic heterocycles. The number of hydrogen-bond donors (Lipinski definition) is 0. The van der Waals surface area contributed by atoms with Gasteiger partial charge in [0, 0.05) is 50.9 Å². The topological polar surface area (TPSA) is 75.2 Å². The van der Waals surface area contributed by atoms with Gasteiger partial charge in [0.05, 0.1) is 0 Å². The first-order chi connectivity index (χ1) is 14.8. The third kappa shape index (κ3) is 6.26. The first kappa shape index (κ1) is 24.1. The fourth-order valence-corrected chi connectivity index (χ4v) is 4.01. The van der Waals surface area contributed by atoms with Crippen LogP contribution in [0.3, 0.4) is 0 Å². The van der Waals surface area contributed by atoms with Crippen molar-refractivity contribution in [3.63, 3.8) is 0 Å². The smallest absolute Gasteiger partial charge is 0.410 e. The number of carbonyl (C=O) groups excluding carboxylic acids is 2. The number of anilines is 1. The molecule has 0 N–H and O–H groups in total. The molecular formula is C24H38N4O4. The minimum Gasteiger partial charge on any atom is -0.444 e. The Morgan fingerprint density at radius 3 is 2.16 bits per heavy atom. The maximum Gasteiger partial charge on any atom is 0.410 e. The summed E-state index contributed by atoms with van der Waals surface area (Å²) < 4.78 is 11.1. The SMILES string of the molecule is CC1CN(c2ccc3c(n2)CCN(C(=O)OC(C)(C)C)CC3)CCN1C(=O)OC(C)(C)C. The van der Waals surface area contributed by atoms with Gasteiger partial charge >= 0.3 is 12.2 Å². The molecule has 178 valence electrons. The van der Waals surface area contributed by atoms with E-state index in [-0.39, 0.29) is 18.2 Å². The van der Waals surface area contributed by atoms with E-state index in [0.29, 0.717) is 39.1 Å². The van der Waals surface area contributed by atoms with Crippen molar-refractivity contribution in [2.24, 2.45) is 0 Å². The second-order valence-electron chi connectivity index (χ2n) is 10.7. The number of fused-ring (bicyclic) bond motifs is 1. The molecule has 1 unspecified atom stereocenters. The number of aromatic nitrogens is 1. The highest BCUT2D eigenvalue weighted by atomic mass is 16.6. The Labute approximate surface area is 191 Å².